The molecule has 0 saturated heterocycles. The lowest BCUT2D eigenvalue weighted by molar-refractivity contribution is -0.140. The van der Waals surface area contributed by atoms with Gasteiger partial charge in [0.2, 0.25) is 0 Å². The van der Waals surface area contributed by atoms with Gasteiger partial charge in [-0.25, -0.2) is 4.98 Å². The molecule has 2 heterocycles. The maximum atomic E-state index is 12.0. The van der Waals surface area contributed by atoms with Crippen LogP contribution in [0.4, 0.5) is 0 Å². The van der Waals surface area contributed by atoms with Crippen LogP contribution in [0.15, 0.2) is 35.3 Å². The summed E-state index contributed by atoms with van der Waals surface area (Å²) in [5.41, 5.74) is 4.31. The number of hydrogen-bond acceptors (Lipinski definition) is 4. The van der Waals surface area contributed by atoms with Gasteiger partial charge in [-0.15, -0.1) is 12.4 Å². The van der Waals surface area contributed by atoms with Crippen molar-refractivity contribution in [2.45, 2.75) is 33.4 Å². The fourth-order valence-corrected chi connectivity index (χ4v) is 3.45. The Labute approximate surface area is 175 Å². The lowest BCUT2D eigenvalue weighted by Gasteiger charge is -2.17. The van der Waals surface area contributed by atoms with Crippen LogP contribution in [0.1, 0.15) is 25.0 Å². The van der Waals surface area contributed by atoms with E-state index in [2.05, 4.69) is 5.32 Å². The molecule has 0 radical (unpaired) electrons. The zero-order valence-corrected chi connectivity index (χ0v) is 18.1. The quantitative estimate of drug-likeness (QED) is 0.642. The van der Waals surface area contributed by atoms with E-state index in [9.17, 15) is 14.7 Å². The number of nitrogens with zero attached hydrogens (tertiary/aromatic N) is 3. The number of pyridine rings is 1. The number of aliphatic carboxylic acids is 1. The summed E-state index contributed by atoms with van der Waals surface area (Å²) in [5.74, 6) is -0.0682. The second kappa shape index (κ2) is 8.80. The van der Waals surface area contributed by atoms with Crippen LogP contribution in [-0.2, 0) is 25.4 Å². The van der Waals surface area contributed by atoms with Crippen molar-refractivity contribution in [3.63, 3.8) is 0 Å². The molecule has 3 rings (SSSR count). The first-order valence-electron chi connectivity index (χ1n) is 9.28. The highest BCUT2D eigenvalue weighted by atomic mass is 35.5. The summed E-state index contributed by atoms with van der Waals surface area (Å²) in [7, 11) is 3.68. The molecular weight excluding hydrogens is 392 g/mol. The fraction of sp³-hybridized carbons (Fsp3) is 0.381. The number of imidazole rings is 1. The lowest BCUT2D eigenvalue weighted by atomic mass is 10.0. The highest BCUT2D eigenvalue weighted by molar-refractivity contribution is 5.85. The van der Waals surface area contributed by atoms with Crippen LogP contribution in [-0.4, -0.2) is 31.2 Å². The van der Waals surface area contributed by atoms with Crippen LogP contribution in [0.3, 0.4) is 0 Å². The molecule has 0 bridgehead atoms. The van der Waals surface area contributed by atoms with E-state index in [-0.39, 0.29) is 23.9 Å². The van der Waals surface area contributed by atoms with E-state index in [1.807, 2.05) is 49.7 Å². The Morgan fingerprint density at radius 1 is 1.24 bits per heavy atom. The summed E-state index contributed by atoms with van der Waals surface area (Å²) in [6.45, 7) is 6.02. The third-order valence-electron chi connectivity index (χ3n) is 5.02. The fourth-order valence-electron chi connectivity index (χ4n) is 3.45. The molecule has 0 fully saturated rings. The Morgan fingerprint density at radius 2 is 1.93 bits per heavy atom. The molecule has 156 valence electrons. The number of hydrogen-bond donors (Lipinski definition) is 2. The molecule has 3 aromatic rings. The number of aryl methyl sites for hydroxylation is 3. The Morgan fingerprint density at radius 3 is 2.52 bits per heavy atom. The zero-order chi connectivity index (χ0) is 20.6. The monoisotopic (exact) mass is 418 g/mol. The topological polar surface area (TPSA) is 89.2 Å². The number of fused-ring (bicyclic) bond motifs is 1. The van der Waals surface area contributed by atoms with E-state index in [1.54, 1.807) is 24.7 Å². The van der Waals surface area contributed by atoms with Gasteiger partial charge in [0.05, 0.1) is 11.0 Å². The van der Waals surface area contributed by atoms with Gasteiger partial charge in [0, 0.05) is 38.0 Å². The number of nitrogens with one attached hydrogen (secondary N) is 1. The highest BCUT2D eigenvalue weighted by Gasteiger charge is 2.20. The molecule has 1 aromatic carbocycles. The first kappa shape index (κ1) is 22.6. The molecular formula is C21H27ClN4O3. The van der Waals surface area contributed by atoms with Gasteiger partial charge in [-0.2, -0.15) is 0 Å². The molecule has 0 unspecified atom stereocenters. The highest BCUT2D eigenvalue weighted by Crippen LogP contribution is 2.24. The van der Waals surface area contributed by atoms with Crippen molar-refractivity contribution in [2.75, 3.05) is 0 Å². The van der Waals surface area contributed by atoms with Crippen LogP contribution in [0, 0.1) is 12.8 Å². The molecule has 0 aliphatic carbocycles. The number of carboxylic acids is 1. The molecule has 2 aromatic heterocycles. The molecule has 1 atom stereocenters. The van der Waals surface area contributed by atoms with E-state index >= 15 is 0 Å². The van der Waals surface area contributed by atoms with Gasteiger partial charge >= 0.3 is 5.97 Å². The second-order valence-electron chi connectivity index (χ2n) is 7.59. The molecule has 29 heavy (non-hydrogen) atoms. The minimum atomic E-state index is -0.846. The SMILES string of the molecule is Cc1cc(-c2nc3cc(CN[C@H](C(=O)O)C(C)C)ccc3n2C)cn(C)c1=O.Cl. The summed E-state index contributed by atoms with van der Waals surface area (Å²) in [4.78, 5) is 28.1. The van der Waals surface area contributed by atoms with Crippen LogP contribution in [0.25, 0.3) is 22.4 Å². The maximum Gasteiger partial charge on any atom is 0.320 e. The van der Waals surface area contributed by atoms with Crippen LogP contribution >= 0.6 is 12.4 Å². The summed E-state index contributed by atoms with van der Waals surface area (Å²) in [6, 6.07) is 7.20. The van der Waals surface area contributed by atoms with Crippen molar-refractivity contribution in [2.24, 2.45) is 20.0 Å². The first-order chi connectivity index (χ1) is 13.2. The van der Waals surface area contributed by atoms with Crippen LogP contribution in [0.2, 0.25) is 0 Å². The third-order valence-corrected chi connectivity index (χ3v) is 5.02. The van der Waals surface area contributed by atoms with Gasteiger partial charge in [-0.05, 0) is 36.6 Å². The first-order valence-corrected chi connectivity index (χ1v) is 9.28. The Bertz CT molecular complexity index is 1070. The Balaban J connectivity index is 0.00000300. The number of aromatic nitrogens is 3. The average Bonchev–Trinajstić information content (AvgIpc) is 2.95. The summed E-state index contributed by atoms with van der Waals surface area (Å²) in [6.07, 6.45) is 1.79. The van der Waals surface area contributed by atoms with Gasteiger partial charge in [-0.3, -0.25) is 9.59 Å². The van der Waals surface area contributed by atoms with Gasteiger partial charge in [0.1, 0.15) is 11.9 Å². The lowest BCUT2D eigenvalue weighted by Crippen LogP contribution is -2.40. The molecule has 2 N–H and O–H groups in total. The largest absolute Gasteiger partial charge is 0.480 e. The van der Waals surface area contributed by atoms with Crippen molar-refractivity contribution < 1.29 is 9.90 Å². The van der Waals surface area contributed by atoms with Gasteiger partial charge < -0.3 is 19.6 Å². The van der Waals surface area contributed by atoms with Crippen molar-refractivity contribution in [3.8, 4) is 11.4 Å². The van der Waals surface area contributed by atoms with Crippen LogP contribution < -0.4 is 10.9 Å². The standard InChI is InChI=1S/C21H26N4O3.ClH/c1-12(2)18(21(27)28)22-10-14-6-7-17-16(9-14)23-19(25(17)5)15-8-13(3)20(26)24(4)11-15;/h6-9,11-12,18,22H,10H2,1-5H3,(H,27,28);1H/t18-;/m0./s1. The van der Waals surface area contributed by atoms with Crippen LogP contribution in [0.5, 0.6) is 0 Å². The normalized spacial score (nSPS) is 12.2. The molecule has 8 heteroatoms. The van der Waals surface area contributed by atoms with Crippen molar-refractivity contribution in [1.29, 1.82) is 0 Å². The summed E-state index contributed by atoms with van der Waals surface area (Å²) < 4.78 is 3.57. The number of halogens is 1. The molecule has 0 aliphatic rings. The van der Waals surface area contributed by atoms with E-state index in [0.717, 1.165) is 28.0 Å². The number of benzene rings is 1. The predicted octanol–water partition coefficient (Wildman–Crippen LogP) is 2.87. The number of rotatable bonds is 6. The number of carbonyl (C=O) groups is 1. The zero-order valence-electron chi connectivity index (χ0n) is 17.3. The van der Waals surface area contributed by atoms with E-state index in [4.69, 9.17) is 4.98 Å². The van der Waals surface area contributed by atoms with Gasteiger partial charge in [0.15, 0.2) is 0 Å². The van der Waals surface area contributed by atoms with Gasteiger partial charge in [-0.1, -0.05) is 19.9 Å². The van der Waals surface area contributed by atoms with Crippen molar-refractivity contribution in [3.05, 3.63) is 51.9 Å². The smallest absolute Gasteiger partial charge is 0.320 e. The Hall–Kier alpha value is -2.64. The number of carboxylic acid groups (broad SMARTS) is 1. The van der Waals surface area contributed by atoms with Crippen molar-refractivity contribution >= 4 is 29.4 Å². The summed E-state index contributed by atoms with van der Waals surface area (Å²) >= 11 is 0. The summed E-state index contributed by atoms with van der Waals surface area (Å²) in [5, 5.41) is 12.4. The molecule has 0 aliphatic heterocycles. The molecule has 0 spiro atoms. The van der Waals surface area contributed by atoms with E-state index in [0.29, 0.717) is 12.1 Å². The maximum absolute atomic E-state index is 12.0. The van der Waals surface area contributed by atoms with Crippen molar-refractivity contribution in [1.82, 2.24) is 19.4 Å². The van der Waals surface area contributed by atoms with E-state index < -0.39 is 12.0 Å². The second-order valence-corrected chi connectivity index (χ2v) is 7.59. The minimum Gasteiger partial charge on any atom is -0.480 e. The Kier molecular flexibility index (Phi) is 6.87. The molecule has 7 nitrogen and oxygen atoms in total. The third kappa shape index (κ3) is 4.52. The predicted molar refractivity (Wildman–Crippen MR) is 116 cm³/mol. The minimum absolute atomic E-state index is 0. The average molecular weight is 419 g/mol. The molecule has 0 saturated carbocycles. The van der Waals surface area contributed by atoms with Gasteiger partial charge in [0.25, 0.3) is 5.56 Å². The van der Waals surface area contributed by atoms with E-state index in [1.165, 1.54) is 0 Å². The molecule has 0 amide bonds.